The molecule has 0 aliphatic carbocycles. The van der Waals surface area contributed by atoms with Crippen LogP contribution in [0, 0.1) is 0 Å². The molecule has 2 heterocycles. The van der Waals surface area contributed by atoms with E-state index in [0.717, 1.165) is 37.9 Å². The summed E-state index contributed by atoms with van der Waals surface area (Å²) in [7, 11) is 0. The molecule has 1 unspecified atom stereocenters. The summed E-state index contributed by atoms with van der Waals surface area (Å²) in [5.41, 5.74) is 0.611. The molecule has 2 rings (SSSR count). The molecule has 1 aliphatic heterocycles. The van der Waals surface area contributed by atoms with Gasteiger partial charge in [0.2, 0.25) is 0 Å². The molecule has 4 heteroatoms. The van der Waals surface area contributed by atoms with E-state index in [9.17, 15) is 4.79 Å². The van der Waals surface area contributed by atoms with Gasteiger partial charge in [-0.05, 0) is 37.8 Å². The highest BCUT2D eigenvalue weighted by Crippen LogP contribution is 2.26. The van der Waals surface area contributed by atoms with Gasteiger partial charge in [0.1, 0.15) is 5.82 Å². The third kappa shape index (κ3) is 2.82. The van der Waals surface area contributed by atoms with Crippen LogP contribution in [-0.4, -0.2) is 35.6 Å². The second-order valence-electron chi connectivity index (χ2n) is 4.42. The number of aromatic nitrogens is 1. The SMILES string of the molecule is O=Cc1ccc(N2CCCC2CCCO)nc1. The molecule has 1 atom stereocenters. The van der Waals surface area contributed by atoms with Crippen LogP contribution < -0.4 is 4.90 Å². The molecule has 17 heavy (non-hydrogen) atoms. The van der Waals surface area contributed by atoms with Crippen LogP contribution in [0.25, 0.3) is 0 Å². The summed E-state index contributed by atoms with van der Waals surface area (Å²) < 4.78 is 0. The number of rotatable bonds is 5. The van der Waals surface area contributed by atoms with Gasteiger partial charge in [0.25, 0.3) is 0 Å². The fraction of sp³-hybridized carbons (Fsp3) is 0.538. The minimum atomic E-state index is 0.252. The quantitative estimate of drug-likeness (QED) is 0.787. The molecule has 0 saturated carbocycles. The van der Waals surface area contributed by atoms with Gasteiger partial charge < -0.3 is 10.0 Å². The number of pyridine rings is 1. The van der Waals surface area contributed by atoms with Gasteiger partial charge in [0.05, 0.1) is 0 Å². The summed E-state index contributed by atoms with van der Waals surface area (Å²) in [4.78, 5) is 17.2. The van der Waals surface area contributed by atoms with E-state index in [1.807, 2.05) is 6.07 Å². The molecule has 1 fully saturated rings. The minimum Gasteiger partial charge on any atom is -0.396 e. The Hall–Kier alpha value is -1.42. The van der Waals surface area contributed by atoms with Gasteiger partial charge in [-0.1, -0.05) is 0 Å². The van der Waals surface area contributed by atoms with Crippen molar-refractivity contribution in [1.82, 2.24) is 4.98 Å². The van der Waals surface area contributed by atoms with Crippen molar-refractivity contribution < 1.29 is 9.90 Å². The van der Waals surface area contributed by atoms with Crippen LogP contribution in [0.3, 0.4) is 0 Å². The van der Waals surface area contributed by atoms with Crippen molar-refractivity contribution in [2.75, 3.05) is 18.1 Å². The Labute approximate surface area is 101 Å². The van der Waals surface area contributed by atoms with Crippen molar-refractivity contribution in [1.29, 1.82) is 0 Å². The summed E-state index contributed by atoms with van der Waals surface area (Å²) in [5.74, 6) is 0.941. The third-order valence-corrected chi connectivity index (χ3v) is 3.27. The maximum Gasteiger partial charge on any atom is 0.151 e. The highest BCUT2D eigenvalue weighted by atomic mass is 16.2. The zero-order valence-corrected chi connectivity index (χ0v) is 9.88. The second-order valence-corrected chi connectivity index (χ2v) is 4.42. The highest BCUT2D eigenvalue weighted by Gasteiger charge is 2.24. The van der Waals surface area contributed by atoms with E-state index in [0.29, 0.717) is 11.6 Å². The molecule has 0 bridgehead atoms. The molecule has 0 aromatic carbocycles. The first-order chi connectivity index (χ1) is 8.35. The van der Waals surface area contributed by atoms with Gasteiger partial charge in [-0.25, -0.2) is 4.98 Å². The minimum absolute atomic E-state index is 0.252. The fourth-order valence-electron chi connectivity index (χ4n) is 2.40. The summed E-state index contributed by atoms with van der Waals surface area (Å²) >= 11 is 0. The van der Waals surface area contributed by atoms with Crippen LogP contribution in [0.5, 0.6) is 0 Å². The molecule has 1 aliphatic rings. The summed E-state index contributed by atoms with van der Waals surface area (Å²) in [6, 6.07) is 4.19. The molecule has 1 aromatic heterocycles. The van der Waals surface area contributed by atoms with Crippen molar-refractivity contribution in [2.45, 2.75) is 31.7 Å². The summed E-state index contributed by atoms with van der Waals surface area (Å²) in [6.45, 7) is 1.27. The lowest BCUT2D eigenvalue weighted by Crippen LogP contribution is -2.30. The number of carbonyl (C=O) groups is 1. The monoisotopic (exact) mass is 234 g/mol. The molecule has 0 radical (unpaired) electrons. The average molecular weight is 234 g/mol. The first-order valence-corrected chi connectivity index (χ1v) is 6.14. The first-order valence-electron chi connectivity index (χ1n) is 6.14. The largest absolute Gasteiger partial charge is 0.396 e. The van der Waals surface area contributed by atoms with Crippen molar-refractivity contribution in [3.8, 4) is 0 Å². The first kappa shape index (κ1) is 12.0. The highest BCUT2D eigenvalue weighted by molar-refractivity contribution is 5.74. The molecule has 92 valence electrons. The van der Waals surface area contributed by atoms with E-state index in [-0.39, 0.29) is 6.61 Å². The molecular formula is C13H18N2O2. The number of anilines is 1. The van der Waals surface area contributed by atoms with Gasteiger partial charge in [0, 0.05) is 31.0 Å². The normalized spacial score (nSPS) is 19.6. The lowest BCUT2D eigenvalue weighted by molar-refractivity contribution is 0.112. The second kappa shape index (κ2) is 5.77. The number of aliphatic hydroxyl groups is 1. The number of aliphatic hydroxyl groups excluding tert-OH is 1. The Bertz CT molecular complexity index is 364. The van der Waals surface area contributed by atoms with Gasteiger partial charge in [-0.2, -0.15) is 0 Å². The van der Waals surface area contributed by atoms with E-state index < -0.39 is 0 Å². The molecule has 1 aromatic rings. The van der Waals surface area contributed by atoms with Crippen molar-refractivity contribution in [2.24, 2.45) is 0 Å². The molecule has 1 saturated heterocycles. The van der Waals surface area contributed by atoms with Crippen LogP contribution in [0.15, 0.2) is 18.3 Å². The van der Waals surface area contributed by atoms with Crippen LogP contribution in [-0.2, 0) is 0 Å². The molecular weight excluding hydrogens is 216 g/mol. The lowest BCUT2D eigenvalue weighted by atomic mass is 10.1. The maximum absolute atomic E-state index is 10.6. The molecule has 0 amide bonds. The maximum atomic E-state index is 10.6. The Morgan fingerprint density at radius 3 is 3.06 bits per heavy atom. The molecule has 4 nitrogen and oxygen atoms in total. The van der Waals surface area contributed by atoms with E-state index in [1.54, 1.807) is 12.3 Å². The average Bonchev–Trinajstić information content (AvgIpc) is 2.84. The Morgan fingerprint density at radius 2 is 2.41 bits per heavy atom. The predicted molar refractivity (Wildman–Crippen MR) is 66.3 cm³/mol. The zero-order valence-electron chi connectivity index (χ0n) is 9.88. The fourth-order valence-corrected chi connectivity index (χ4v) is 2.40. The van der Waals surface area contributed by atoms with E-state index in [4.69, 9.17) is 5.11 Å². The number of hydrogen-bond donors (Lipinski definition) is 1. The Kier molecular flexibility index (Phi) is 4.09. The van der Waals surface area contributed by atoms with Gasteiger partial charge in [-0.15, -0.1) is 0 Å². The van der Waals surface area contributed by atoms with E-state index in [1.165, 1.54) is 6.42 Å². The van der Waals surface area contributed by atoms with Gasteiger partial charge in [-0.3, -0.25) is 4.79 Å². The summed E-state index contributed by atoms with van der Waals surface area (Å²) in [6.07, 6.45) is 6.61. The number of carbonyl (C=O) groups excluding carboxylic acids is 1. The summed E-state index contributed by atoms with van der Waals surface area (Å²) in [5, 5.41) is 8.88. The van der Waals surface area contributed by atoms with Crippen LogP contribution in [0.1, 0.15) is 36.0 Å². The number of hydrogen-bond acceptors (Lipinski definition) is 4. The molecule has 0 spiro atoms. The lowest BCUT2D eigenvalue weighted by Gasteiger charge is -2.25. The van der Waals surface area contributed by atoms with Crippen LogP contribution in [0.2, 0.25) is 0 Å². The predicted octanol–water partition coefficient (Wildman–Crippen LogP) is 1.64. The Morgan fingerprint density at radius 1 is 1.53 bits per heavy atom. The zero-order chi connectivity index (χ0) is 12.1. The van der Waals surface area contributed by atoms with Crippen molar-refractivity contribution >= 4 is 12.1 Å². The van der Waals surface area contributed by atoms with Crippen LogP contribution >= 0.6 is 0 Å². The standard InChI is InChI=1S/C13H18N2O2/c16-8-2-4-12-3-1-7-15(12)13-6-5-11(10-17)9-14-13/h5-6,9-10,12,16H,1-4,7-8H2. The van der Waals surface area contributed by atoms with Crippen molar-refractivity contribution in [3.05, 3.63) is 23.9 Å². The third-order valence-electron chi connectivity index (χ3n) is 3.27. The van der Waals surface area contributed by atoms with Crippen molar-refractivity contribution in [3.63, 3.8) is 0 Å². The Balaban J connectivity index is 2.06. The van der Waals surface area contributed by atoms with Gasteiger partial charge in [0.15, 0.2) is 6.29 Å². The van der Waals surface area contributed by atoms with Gasteiger partial charge >= 0.3 is 0 Å². The van der Waals surface area contributed by atoms with E-state index in [2.05, 4.69) is 9.88 Å². The topological polar surface area (TPSA) is 53.4 Å². The smallest absolute Gasteiger partial charge is 0.151 e. The van der Waals surface area contributed by atoms with E-state index >= 15 is 0 Å². The molecule has 1 N–H and O–H groups in total. The number of aldehydes is 1. The van der Waals surface area contributed by atoms with Crippen LogP contribution in [0.4, 0.5) is 5.82 Å². The number of nitrogens with zero attached hydrogens (tertiary/aromatic N) is 2.